The predicted molar refractivity (Wildman–Crippen MR) is 72.0 cm³/mol. The second kappa shape index (κ2) is 4.40. The lowest BCUT2D eigenvalue weighted by Crippen LogP contribution is -2.56. The van der Waals surface area contributed by atoms with Crippen LogP contribution in [0.2, 0.25) is 0 Å². The van der Waals surface area contributed by atoms with Gasteiger partial charge < -0.3 is 10.2 Å². The van der Waals surface area contributed by atoms with Gasteiger partial charge in [-0.2, -0.15) is 0 Å². The predicted octanol–water partition coefficient (Wildman–Crippen LogP) is 2.27. The normalized spacial score (nSPS) is 37.7. The van der Waals surface area contributed by atoms with Gasteiger partial charge in [-0.15, -0.1) is 0 Å². The summed E-state index contributed by atoms with van der Waals surface area (Å²) in [7, 11) is 4.47. The molecule has 0 aromatic rings. The van der Waals surface area contributed by atoms with E-state index in [1.54, 1.807) is 0 Å². The minimum atomic E-state index is 0.480. The van der Waals surface area contributed by atoms with E-state index in [1.807, 2.05) is 0 Å². The van der Waals surface area contributed by atoms with Gasteiger partial charge in [-0.05, 0) is 70.5 Å². The Hall–Kier alpha value is -0.340. The van der Waals surface area contributed by atoms with Crippen LogP contribution in [0, 0.1) is 17.8 Å². The smallest absolute Gasteiger partial charge is 0.0327 e. The van der Waals surface area contributed by atoms with Crippen LogP contribution in [0.1, 0.15) is 32.1 Å². The van der Waals surface area contributed by atoms with Crippen LogP contribution in [0.5, 0.6) is 0 Å². The molecule has 0 aromatic carbocycles. The molecule has 0 amide bonds. The summed E-state index contributed by atoms with van der Waals surface area (Å²) in [5.74, 6) is 2.73. The third-order valence-electron chi connectivity index (χ3n) is 5.51. The highest BCUT2D eigenvalue weighted by molar-refractivity contribution is 5.10. The summed E-state index contributed by atoms with van der Waals surface area (Å²) in [6, 6.07) is 0. The van der Waals surface area contributed by atoms with Crippen molar-refractivity contribution in [3.05, 3.63) is 12.2 Å². The molecule has 2 nitrogen and oxygen atoms in total. The van der Waals surface area contributed by atoms with Crippen LogP contribution in [0.4, 0.5) is 0 Å². The van der Waals surface area contributed by atoms with Gasteiger partial charge in [0.15, 0.2) is 0 Å². The molecule has 0 aliphatic heterocycles. The number of rotatable bonds is 5. The highest BCUT2D eigenvalue weighted by atomic mass is 15.2. The van der Waals surface area contributed by atoms with Crippen LogP contribution in [0.15, 0.2) is 12.2 Å². The Kier molecular flexibility index (Phi) is 3.04. The van der Waals surface area contributed by atoms with Crippen LogP contribution in [0.25, 0.3) is 0 Å². The molecule has 0 aromatic heterocycles. The molecule has 0 heterocycles. The largest absolute Gasteiger partial charge is 0.315 e. The van der Waals surface area contributed by atoms with E-state index in [1.165, 1.54) is 45.2 Å². The van der Waals surface area contributed by atoms with Gasteiger partial charge in [0.05, 0.1) is 0 Å². The van der Waals surface area contributed by atoms with E-state index in [0.717, 1.165) is 17.8 Å². The van der Waals surface area contributed by atoms with E-state index in [-0.39, 0.29) is 0 Å². The monoisotopic (exact) mass is 234 g/mol. The van der Waals surface area contributed by atoms with Gasteiger partial charge in [0.1, 0.15) is 0 Å². The van der Waals surface area contributed by atoms with Crippen molar-refractivity contribution in [2.24, 2.45) is 17.8 Å². The quantitative estimate of drug-likeness (QED) is 0.734. The summed E-state index contributed by atoms with van der Waals surface area (Å²) in [5.41, 5.74) is 0.480. The number of allylic oxidation sites excluding steroid dienone is 2. The average Bonchev–Trinajstić information content (AvgIpc) is 2.82. The number of nitrogens with one attached hydrogen (secondary N) is 1. The fraction of sp³-hybridized carbons (Fsp3) is 0.867. The minimum Gasteiger partial charge on any atom is -0.315 e. The molecule has 2 heteroatoms. The summed E-state index contributed by atoms with van der Waals surface area (Å²) >= 11 is 0. The molecule has 3 unspecified atom stereocenters. The molecule has 0 spiro atoms. The molecule has 2 fully saturated rings. The van der Waals surface area contributed by atoms with Gasteiger partial charge in [0.2, 0.25) is 0 Å². The zero-order valence-corrected chi connectivity index (χ0v) is 11.3. The highest BCUT2D eigenvalue weighted by Crippen LogP contribution is 2.43. The van der Waals surface area contributed by atoms with Crippen molar-refractivity contribution in [3.8, 4) is 0 Å². The topological polar surface area (TPSA) is 15.3 Å². The molecule has 0 saturated heterocycles. The number of likely N-dealkylation sites (N-methyl/N-ethyl adjacent to an activating group) is 1. The maximum atomic E-state index is 3.76. The first-order valence-corrected chi connectivity index (χ1v) is 7.26. The van der Waals surface area contributed by atoms with Crippen molar-refractivity contribution < 1.29 is 0 Å². The molecule has 2 bridgehead atoms. The highest BCUT2D eigenvalue weighted by Gasteiger charge is 2.39. The molecular weight excluding hydrogens is 208 g/mol. The number of hydrogen-bond donors (Lipinski definition) is 1. The Morgan fingerprint density at radius 3 is 2.53 bits per heavy atom. The lowest BCUT2D eigenvalue weighted by atomic mass is 9.75. The third kappa shape index (κ3) is 2.06. The zero-order valence-electron chi connectivity index (χ0n) is 11.3. The molecule has 1 N–H and O–H groups in total. The summed E-state index contributed by atoms with van der Waals surface area (Å²) < 4.78 is 0. The van der Waals surface area contributed by atoms with E-state index >= 15 is 0 Å². The van der Waals surface area contributed by atoms with E-state index in [9.17, 15) is 0 Å². The summed E-state index contributed by atoms with van der Waals surface area (Å²) in [6.07, 6.45) is 11.9. The fourth-order valence-electron chi connectivity index (χ4n) is 3.99. The number of hydrogen-bond acceptors (Lipinski definition) is 2. The summed E-state index contributed by atoms with van der Waals surface area (Å²) in [4.78, 5) is 2.43. The van der Waals surface area contributed by atoms with E-state index in [0.29, 0.717) is 5.54 Å². The first kappa shape index (κ1) is 11.7. The lowest BCUT2D eigenvalue weighted by Gasteiger charge is -2.47. The molecular formula is C15H26N2. The van der Waals surface area contributed by atoms with Crippen LogP contribution in [0.3, 0.4) is 0 Å². The Bertz CT molecular complexity index is 304. The molecule has 3 atom stereocenters. The van der Waals surface area contributed by atoms with Crippen LogP contribution < -0.4 is 5.32 Å². The van der Waals surface area contributed by atoms with Crippen molar-refractivity contribution in [3.63, 3.8) is 0 Å². The maximum Gasteiger partial charge on any atom is 0.0327 e. The van der Waals surface area contributed by atoms with Crippen molar-refractivity contribution in [2.75, 3.05) is 27.2 Å². The van der Waals surface area contributed by atoms with Crippen molar-refractivity contribution >= 4 is 0 Å². The maximum absolute atomic E-state index is 3.76. The van der Waals surface area contributed by atoms with Gasteiger partial charge in [-0.3, -0.25) is 0 Å². The summed E-state index contributed by atoms with van der Waals surface area (Å²) in [6.45, 7) is 2.43. The van der Waals surface area contributed by atoms with E-state index < -0.39 is 0 Å². The molecule has 2 saturated carbocycles. The van der Waals surface area contributed by atoms with E-state index in [2.05, 4.69) is 36.5 Å². The van der Waals surface area contributed by atoms with Gasteiger partial charge in [0, 0.05) is 12.1 Å². The Balaban J connectivity index is 1.45. The first-order chi connectivity index (χ1) is 8.20. The lowest BCUT2D eigenvalue weighted by molar-refractivity contribution is 0.0589. The van der Waals surface area contributed by atoms with Crippen LogP contribution >= 0.6 is 0 Å². The third-order valence-corrected chi connectivity index (χ3v) is 5.51. The molecule has 96 valence electrons. The Labute approximate surface area is 105 Å². The van der Waals surface area contributed by atoms with Gasteiger partial charge in [-0.25, -0.2) is 0 Å². The standard InChI is InChI=1S/C15H26N2/c1-17(2)15(6-3-7-15)11-16-10-14-9-12-4-5-13(14)8-12/h4-5,12-14,16H,3,6-11H2,1-2H3. The van der Waals surface area contributed by atoms with Crippen molar-refractivity contribution in [1.29, 1.82) is 0 Å². The molecule has 3 rings (SSSR count). The Morgan fingerprint density at radius 2 is 2.06 bits per heavy atom. The van der Waals surface area contributed by atoms with E-state index in [4.69, 9.17) is 0 Å². The van der Waals surface area contributed by atoms with Crippen LogP contribution in [-0.2, 0) is 0 Å². The average molecular weight is 234 g/mol. The Morgan fingerprint density at radius 1 is 1.24 bits per heavy atom. The van der Waals surface area contributed by atoms with Gasteiger partial charge in [0.25, 0.3) is 0 Å². The zero-order chi connectivity index (χ0) is 11.9. The minimum absolute atomic E-state index is 0.480. The van der Waals surface area contributed by atoms with Crippen LogP contribution in [-0.4, -0.2) is 37.6 Å². The second-order valence-electron chi connectivity index (χ2n) is 6.64. The van der Waals surface area contributed by atoms with Gasteiger partial charge in [-0.1, -0.05) is 12.2 Å². The van der Waals surface area contributed by atoms with Gasteiger partial charge >= 0.3 is 0 Å². The van der Waals surface area contributed by atoms with Crippen molar-refractivity contribution in [1.82, 2.24) is 10.2 Å². The molecule has 0 radical (unpaired) electrons. The fourth-order valence-corrected chi connectivity index (χ4v) is 3.99. The molecule has 17 heavy (non-hydrogen) atoms. The molecule has 3 aliphatic carbocycles. The number of fused-ring (bicyclic) bond motifs is 2. The number of nitrogens with zero attached hydrogens (tertiary/aromatic N) is 1. The summed E-state index contributed by atoms with van der Waals surface area (Å²) in [5, 5.41) is 3.76. The second-order valence-corrected chi connectivity index (χ2v) is 6.64. The SMILES string of the molecule is CN(C)C1(CNCC2CC3C=CC2C3)CCC1. The van der Waals surface area contributed by atoms with Crippen molar-refractivity contribution in [2.45, 2.75) is 37.6 Å². The first-order valence-electron chi connectivity index (χ1n) is 7.26. The molecule has 3 aliphatic rings.